The molecule has 7 nitrogen and oxygen atoms in total. The van der Waals surface area contributed by atoms with Gasteiger partial charge in [0.1, 0.15) is 17.1 Å². The van der Waals surface area contributed by atoms with Crippen molar-refractivity contribution in [1.29, 1.82) is 0 Å². The molecule has 0 aromatic carbocycles. The van der Waals surface area contributed by atoms with Gasteiger partial charge >= 0.3 is 0 Å². The van der Waals surface area contributed by atoms with E-state index in [0.717, 1.165) is 34.3 Å². The van der Waals surface area contributed by atoms with Crippen LogP contribution in [0.3, 0.4) is 0 Å². The summed E-state index contributed by atoms with van der Waals surface area (Å²) < 4.78 is 7.53. The fourth-order valence-corrected chi connectivity index (χ4v) is 3.59. The third-order valence-electron chi connectivity index (χ3n) is 4.11. The van der Waals surface area contributed by atoms with Crippen LogP contribution >= 0.6 is 35.3 Å². The fourth-order valence-electron chi connectivity index (χ4n) is 2.87. The monoisotopic (exact) mass is 503 g/mol. The summed E-state index contributed by atoms with van der Waals surface area (Å²) in [6.45, 7) is 9.03. The van der Waals surface area contributed by atoms with Gasteiger partial charge < -0.3 is 20.2 Å². The number of halogens is 1. The lowest BCUT2D eigenvalue weighted by atomic mass is 9.96. The minimum Gasteiger partial charge on any atom is -0.466 e. The van der Waals surface area contributed by atoms with Crippen molar-refractivity contribution in [3.05, 3.63) is 46.6 Å². The predicted octanol–water partition coefficient (Wildman–Crippen LogP) is 3.19. The highest BCUT2D eigenvalue weighted by atomic mass is 127. The zero-order valence-corrected chi connectivity index (χ0v) is 19.1. The number of thiazole rings is 1. The van der Waals surface area contributed by atoms with Gasteiger partial charge in [0.15, 0.2) is 10.9 Å². The highest BCUT2D eigenvalue weighted by Crippen LogP contribution is 2.26. The van der Waals surface area contributed by atoms with Crippen molar-refractivity contribution in [3.63, 3.8) is 0 Å². The minimum absolute atomic E-state index is 0. The van der Waals surface area contributed by atoms with Gasteiger partial charge in [0.2, 0.25) is 0 Å². The maximum absolute atomic E-state index is 10.8. The number of nitrogens with one attached hydrogen (secondary N) is 2. The molecular formula is C18H26IN5O2S. The van der Waals surface area contributed by atoms with Gasteiger partial charge in [-0.2, -0.15) is 0 Å². The van der Waals surface area contributed by atoms with Crippen molar-refractivity contribution < 1.29 is 9.52 Å². The Morgan fingerprint density at radius 3 is 2.81 bits per heavy atom. The van der Waals surface area contributed by atoms with Gasteiger partial charge in [-0.3, -0.25) is 4.40 Å². The predicted molar refractivity (Wildman–Crippen MR) is 119 cm³/mol. The van der Waals surface area contributed by atoms with Crippen LogP contribution in [-0.4, -0.2) is 33.5 Å². The molecule has 3 aromatic heterocycles. The van der Waals surface area contributed by atoms with E-state index in [4.69, 9.17) is 4.42 Å². The number of rotatable bonds is 6. The molecule has 3 rings (SSSR count). The van der Waals surface area contributed by atoms with Crippen LogP contribution in [0.4, 0.5) is 0 Å². The topological polar surface area (TPSA) is 87.1 Å². The number of aliphatic imine (C=N–C) groups is 1. The van der Waals surface area contributed by atoms with Crippen LogP contribution in [0.15, 0.2) is 33.2 Å². The fraction of sp³-hybridized carbons (Fsp3) is 0.444. The Morgan fingerprint density at radius 2 is 2.19 bits per heavy atom. The summed E-state index contributed by atoms with van der Waals surface area (Å²) >= 11 is 1.60. The smallest absolute Gasteiger partial charge is 0.193 e. The lowest BCUT2D eigenvalue weighted by Gasteiger charge is -2.24. The Bertz CT molecular complexity index is 884. The van der Waals surface area contributed by atoms with Gasteiger partial charge in [-0.05, 0) is 33.8 Å². The van der Waals surface area contributed by atoms with E-state index in [-0.39, 0.29) is 24.0 Å². The van der Waals surface area contributed by atoms with Gasteiger partial charge in [-0.15, -0.1) is 35.3 Å². The van der Waals surface area contributed by atoms with Crippen LogP contribution in [-0.2, 0) is 12.1 Å². The second-order valence-electron chi connectivity index (χ2n) is 6.47. The number of guanidine groups is 1. The van der Waals surface area contributed by atoms with E-state index in [0.29, 0.717) is 19.0 Å². The van der Waals surface area contributed by atoms with Gasteiger partial charge in [0.05, 0.1) is 18.8 Å². The summed E-state index contributed by atoms with van der Waals surface area (Å²) in [4.78, 5) is 10.1. The maximum atomic E-state index is 10.8. The van der Waals surface area contributed by atoms with Crippen molar-refractivity contribution >= 4 is 46.2 Å². The van der Waals surface area contributed by atoms with Crippen molar-refractivity contribution in [2.45, 2.75) is 39.8 Å². The Morgan fingerprint density at radius 1 is 1.41 bits per heavy atom. The lowest BCUT2D eigenvalue weighted by Crippen LogP contribution is -2.44. The summed E-state index contributed by atoms with van der Waals surface area (Å²) in [6, 6.07) is 1.87. The highest BCUT2D eigenvalue weighted by Gasteiger charge is 2.27. The SMILES string of the molecule is CCNC(=NCc1cn2ccsc2n1)NCC(C)(O)c1cc(C)oc1C.I. The Labute approximate surface area is 179 Å². The molecule has 0 saturated carbocycles. The molecule has 9 heteroatoms. The summed E-state index contributed by atoms with van der Waals surface area (Å²) in [5.41, 5.74) is 0.629. The molecule has 0 aliphatic heterocycles. The molecule has 0 fully saturated rings. The van der Waals surface area contributed by atoms with E-state index < -0.39 is 5.60 Å². The van der Waals surface area contributed by atoms with E-state index in [2.05, 4.69) is 20.6 Å². The third-order valence-corrected chi connectivity index (χ3v) is 4.88. The molecular weight excluding hydrogens is 477 g/mol. The number of fused-ring (bicyclic) bond motifs is 1. The first kappa shape index (κ1) is 21.7. The Hall–Kier alpha value is -1.59. The number of imidazole rings is 1. The van der Waals surface area contributed by atoms with Crippen molar-refractivity contribution in [2.75, 3.05) is 13.1 Å². The molecule has 27 heavy (non-hydrogen) atoms. The lowest BCUT2D eigenvalue weighted by molar-refractivity contribution is 0.0601. The first-order valence-corrected chi connectivity index (χ1v) is 9.50. The molecule has 0 bridgehead atoms. The number of hydrogen-bond donors (Lipinski definition) is 3. The first-order valence-electron chi connectivity index (χ1n) is 8.62. The number of furan rings is 1. The Kier molecular flexibility index (Phi) is 7.29. The zero-order chi connectivity index (χ0) is 18.7. The second kappa shape index (κ2) is 9.07. The molecule has 148 valence electrons. The van der Waals surface area contributed by atoms with Crippen molar-refractivity contribution in [3.8, 4) is 0 Å². The molecule has 0 saturated heterocycles. The molecule has 0 spiro atoms. The van der Waals surface area contributed by atoms with Crippen LogP contribution in [0.2, 0.25) is 0 Å². The van der Waals surface area contributed by atoms with Crippen LogP contribution in [0.5, 0.6) is 0 Å². The molecule has 0 aliphatic rings. The number of aryl methyl sites for hydroxylation is 2. The quantitative estimate of drug-likeness (QED) is 0.273. The Balaban J connectivity index is 0.00000261. The van der Waals surface area contributed by atoms with Crippen LogP contribution in [0.1, 0.15) is 36.6 Å². The summed E-state index contributed by atoms with van der Waals surface area (Å²) in [6.07, 6.45) is 3.96. The highest BCUT2D eigenvalue weighted by molar-refractivity contribution is 14.0. The van der Waals surface area contributed by atoms with Gasteiger partial charge in [0, 0.05) is 29.9 Å². The first-order chi connectivity index (χ1) is 12.4. The molecule has 1 atom stereocenters. The largest absolute Gasteiger partial charge is 0.466 e. The number of nitrogens with zero attached hydrogens (tertiary/aromatic N) is 3. The molecule has 0 radical (unpaired) electrons. The number of hydrogen-bond acceptors (Lipinski definition) is 5. The van der Waals surface area contributed by atoms with E-state index in [1.54, 1.807) is 18.3 Å². The van der Waals surface area contributed by atoms with Crippen LogP contribution < -0.4 is 10.6 Å². The average Bonchev–Trinajstić information content (AvgIpc) is 3.24. The molecule has 0 amide bonds. The average molecular weight is 503 g/mol. The standard InChI is InChI=1S/C18H25N5O2S.HI/c1-5-19-16(20-9-14-10-23-6-7-26-17(23)22-14)21-11-18(4,24)15-8-12(2)25-13(15)3;/h6-8,10,24H,5,9,11H2,1-4H3,(H2,19,20,21);1H. The summed E-state index contributed by atoms with van der Waals surface area (Å²) in [7, 11) is 0. The van der Waals surface area contributed by atoms with Crippen molar-refractivity contribution in [2.24, 2.45) is 4.99 Å². The van der Waals surface area contributed by atoms with E-state index in [9.17, 15) is 5.11 Å². The second-order valence-corrected chi connectivity index (χ2v) is 7.35. The molecule has 3 heterocycles. The van der Waals surface area contributed by atoms with E-state index >= 15 is 0 Å². The van der Waals surface area contributed by atoms with Gasteiger partial charge in [-0.1, -0.05) is 0 Å². The van der Waals surface area contributed by atoms with Crippen molar-refractivity contribution in [1.82, 2.24) is 20.0 Å². The number of aliphatic hydroxyl groups is 1. The third kappa shape index (κ3) is 5.23. The van der Waals surface area contributed by atoms with Gasteiger partial charge in [0.25, 0.3) is 0 Å². The minimum atomic E-state index is -1.06. The molecule has 3 aromatic rings. The normalized spacial score (nSPS) is 14.0. The van der Waals surface area contributed by atoms with Crippen LogP contribution in [0.25, 0.3) is 4.96 Å². The molecule has 3 N–H and O–H groups in total. The maximum Gasteiger partial charge on any atom is 0.193 e. The van der Waals surface area contributed by atoms with E-state index in [1.807, 2.05) is 49.0 Å². The zero-order valence-electron chi connectivity index (χ0n) is 15.9. The summed E-state index contributed by atoms with van der Waals surface area (Å²) in [5.74, 6) is 2.16. The van der Waals surface area contributed by atoms with E-state index in [1.165, 1.54) is 0 Å². The molecule has 1 unspecified atom stereocenters. The van der Waals surface area contributed by atoms with Gasteiger partial charge in [-0.25, -0.2) is 9.98 Å². The number of aromatic nitrogens is 2. The van der Waals surface area contributed by atoms with Crippen LogP contribution in [0, 0.1) is 13.8 Å². The molecule has 0 aliphatic carbocycles. The summed E-state index contributed by atoms with van der Waals surface area (Å²) in [5, 5.41) is 19.2.